The molecular weight excluding hydrogens is 526 g/mol. The lowest BCUT2D eigenvalue weighted by Gasteiger charge is -2.29. The molecular formula is C13H15Br2Cl3N4OS. The van der Waals surface area contributed by atoms with Gasteiger partial charge in [0.25, 0.3) is 0 Å². The van der Waals surface area contributed by atoms with E-state index in [-0.39, 0.29) is 5.11 Å². The number of amides is 2. The Morgan fingerprint density at radius 3 is 2.29 bits per heavy atom. The van der Waals surface area contributed by atoms with Gasteiger partial charge in [-0.15, -0.1) is 0 Å². The minimum atomic E-state index is -1.80. The van der Waals surface area contributed by atoms with Crippen LogP contribution in [0.1, 0.15) is 5.56 Å². The maximum absolute atomic E-state index is 11.8. The first-order chi connectivity index (χ1) is 10.9. The number of rotatable bonds is 3. The number of carbonyl (C=O) groups is 1. The van der Waals surface area contributed by atoms with Crippen molar-refractivity contribution < 1.29 is 4.79 Å². The van der Waals surface area contributed by atoms with Gasteiger partial charge in [-0.05, 0) is 52.8 Å². The fourth-order valence-electron chi connectivity index (χ4n) is 1.59. The first kappa shape index (κ1) is 22.1. The molecule has 0 aliphatic carbocycles. The standard InChI is InChI=1S/C13H15Br2Cl3N4OS/c1-6-4-7(14)5-8(15)9(6)19-11(24)20-10(13(16,17)18)21-12(23)22(2)3/h4-5,10H,1-3H3,(H,21,23)(H2,19,20,24)/t10-/m0/s1. The van der Waals surface area contributed by atoms with Crippen LogP contribution < -0.4 is 16.0 Å². The first-order valence-corrected chi connectivity index (χ1v) is 9.62. The number of halogens is 5. The maximum Gasteiger partial charge on any atom is 0.318 e. The van der Waals surface area contributed by atoms with E-state index >= 15 is 0 Å². The Kier molecular flexibility index (Phi) is 8.36. The fourth-order valence-corrected chi connectivity index (χ4v) is 3.68. The number of nitrogens with zero attached hydrogens (tertiary/aromatic N) is 1. The van der Waals surface area contributed by atoms with Crippen molar-refractivity contribution in [1.29, 1.82) is 0 Å². The summed E-state index contributed by atoms with van der Waals surface area (Å²) in [5, 5.41) is 8.55. The third-order valence-corrected chi connectivity index (χ3v) is 4.73. The van der Waals surface area contributed by atoms with Gasteiger partial charge in [-0.3, -0.25) is 0 Å². The third kappa shape index (κ3) is 6.72. The molecule has 0 fully saturated rings. The molecule has 0 bridgehead atoms. The summed E-state index contributed by atoms with van der Waals surface area (Å²) >= 11 is 29.9. The lowest BCUT2D eigenvalue weighted by atomic mass is 10.2. The zero-order valence-corrected chi connectivity index (χ0v) is 19.1. The van der Waals surface area contributed by atoms with Crippen molar-refractivity contribution in [2.45, 2.75) is 16.9 Å². The topological polar surface area (TPSA) is 56.4 Å². The molecule has 1 atom stereocenters. The van der Waals surface area contributed by atoms with Crippen molar-refractivity contribution >= 4 is 95.7 Å². The molecule has 11 heteroatoms. The summed E-state index contributed by atoms with van der Waals surface area (Å²) in [5.41, 5.74) is 1.71. The maximum atomic E-state index is 11.8. The number of aryl methyl sites for hydroxylation is 1. The monoisotopic (exact) mass is 538 g/mol. The number of hydrogen-bond acceptors (Lipinski definition) is 2. The van der Waals surface area contributed by atoms with Crippen molar-refractivity contribution in [3.05, 3.63) is 26.6 Å². The summed E-state index contributed by atoms with van der Waals surface area (Å²) in [7, 11) is 3.15. The average molecular weight is 542 g/mol. The van der Waals surface area contributed by atoms with Gasteiger partial charge in [0, 0.05) is 23.0 Å². The number of urea groups is 1. The van der Waals surface area contributed by atoms with Gasteiger partial charge >= 0.3 is 6.03 Å². The number of nitrogens with one attached hydrogen (secondary N) is 3. The van der Waals surface area contributed by atoms with Crippen LogP contribution in [0.4, 0.5) is 10.5 Å². The summed E-state index contributed by atoms with van der Waals surface area (Å²) in [5.74, 6) is 0. The van der Waals surface area contributed by atoms with Crippen LogP contribution in [0.15, 0.2) is 21.1 Å². The molecule has 5 nitrogen and oxygen atoms in total. The van der Waals surface area contributed by atoms with Crippen LogP contribution in [0.2, 0.25) is 0 Å². The highest BCUT2D eigenvalue weighted by atomic mass is 79.9. The van der Waals surface area contributed by atoms with Crippen molar-refractivity contribution in [3.8, 4) is 0 Å². The predicted octanol–water partition coefficient (Wildman–Crippen LogP) is 4.77. The zero-order chi connectivity index (χ0) is 18.7. The summed E-state index contributed by atoms with van der Waals surface area (Å²) in [6, 6.07) is 3.37. The number of alkyl halides is 3. The zero-order valence-electron chi connectivity index (χ0n) is 12.9. The molecule has 0 radical (unpaired) electrons. The van der Waals surface area contributed by atoms with Crippen LogP contribution in [-0.2, 0) is 0 Å². The third-order valence-electron chi connectivity index (χ3n) is 2.77. The van der Waals surface area contributed by atoms with E-state index in [0.717, 1.165) is 20.2 Å². The predicted molar refractivity (Wildman–Crippen MR) is 112 cm³/mol. The van der Waals surface area contributed by atoms with Crippen LogP contribution >= 0.6 is 78.9 Å². The molecule has 0 aliphatic rings. The Labute approximate surface area is 178 Å². The summed E-state index contributed by atoms with van der Waals surface area (Å²) in [6.07, 6.45) is -1.02. The van der Waals surface area contributed by atoms with Crippen LogP contribution in [0, 0.1) is 6.92 Å². The summed E-state index contributed by atoms with van der Waals surface area (Å²) < 4.78 is -0.0707. The molecule has 134 valence electrons. The molecule has 0 unspecified atom stereocenters. The Hall–Kier alpha value is 0.01000. The van der Waals surface area contributed by atoms with Crippen LogP contribution in [0.25, 0.3) is 0 Å². The van der Waals surface area contributed by atoms with Crippen LogP contribution in [0.5, 0.6) is 0 Å². The Balaban J connectivity index is 2.88. The Morgan fingerprint density at radius 2 is 1.83 bits per heavy atom. The minimum Gasteiger partial charge on any atom is -0.339 e. The van der Waals surface area contributed by atoms with Gasteiger partial charge in [-0.25, -0.2) is 4.79 Å². The summed E-state index contributed by atoms with van der Waals surface area (Å²) in [4.78, 5) is 13.1. The van der Waals surface area contributed by atoms with E-state index in [4.69, 9.17) is 47.0 Å². The highest BCUT2D eigenvalue weighted by Crippen LogP contribution is 2.31. The molecule has 0 spiro atoms. The van der Waals surface area contributed by atoms with E-state index in [2.05, 4.69) is 47.8 Å². The van der Waals surface area contributed by atoms with Gasteiger partial charge in [-0.1, -0.05) is 50.7 Å². The van der Waals surface area contributed by atoms with E-state index in [1.165, 1.54) is 4.90 Å². The molecule has 0 aromatic heterocycles. The van der Waals surface area contributed by atoms with Gasteiger partial charge in [-0.2, -0.15) is 0 Å². The second kappa shape index (κ2) is 9.09. The van der Waals surface area contributed by atoms with E-state index in [0.29, 0.717) is 0 Å². The van der Waals surface area contributed by atoms with Crippen LogP contribution in [-0.4, -0.2) is 40.1 Å². The first-order valence-electron chi connectivity index (χ1n) is 6.49. The second-order valence-corrected chi connectivity index (χ2v) is 9.54. The van der Waals surface area contributed by atoms with Crippen molar-refractivity contribution in [2.24, 2.45) is 0 Å². The molecule has 0 aliphatic heterocycles. The average Bonchev–Trinajstić information content (AvgIpc) is 2.40. The molecule has 3 N–H and O–H groups in total. The molecule has 0 saturated heterocycles. The van der Waals surface area contributed by atoms with Gasteiger partial charge in [0.15, 0.2) is 11.3 Å². The number of benzene rings is 1. The molecule has 0 saturated carbocycles. The van der Waals surface area contributed by atoms with E-state index < -0.39 is 16.0 Å². The largest absolute Gasteiger partial charge is 0.339 e. The highest BCUT2D eigenvalue weighted by molar-refractivity contribution is 9.11. The van der Waals surface area contributed by atoms with E-state index in [9.17, 15) is 4.79 Å². The van der Waals surface area contributed by atoms with Crippen LogP contribution in [0.3, 0.4) is 0 Å². The number of thiocarbonyl (C=S) groups is 1. The Morgan fingerprint density at radius 1 is 1.25 bits per heavy atom. The SMILES string of the molecule is Cc1cc(Br)cc(Br)c1NC(=S)N[C@@H](NC(=O)N(C)C)C(Cl)(Cl)Cl. The van der Waals surface area contributed by atoms with Gasteiger partial charge in [0.2, 0.25) is 3.79 Å². The number of anilines is 1. The molecule has 1 aromatic rings. The number of hydrogen-bond donors (Lipinski definition) is 3. The van der Waals surface area contributed by atoms with E-state index in [1.807, 2.05) is 19.1 Å². The molecule has 24 heavy (non-hydrogen) atoms. The van der Waals surface area contributed by atoms with Gasteiger partial charge in [0.05, 0.1) is 5.69 Å². The second-order valence-electron chi connectivity index (χ2n) is 5.00. The smallest absolute Gasteiger partial charge is 0.318 e. The normalized spacial score (nSPS) is 12.3. The molecule has 1 rings (SSSR count). The lowest BCUT2D eigenvalue weighted by Crippen LogP contribution is -2.57. The highest BCUT2D eigenvalue weighted by Gasteiger charge is 2.35. The lowest BCUT2D eigenvalue weighted by molar-refractivity contribution is 0.212. The molecule has 2 amide bonds. The van der Waals surface area contributed by atoms with Gasteiger partial charge in [0.1, 0.15) is 0 Å². The molecule has 0 heterocycles. The number of carbonyl (C=O) groups excluding carboxylic acids is 1. The molecule has 1 aromatic carbocycles. The van der Waals surface area contributed by atoms with Crippen molar-refractivity contribution in [2.75, 3.05) is 19.4 Å². The Bertz CT molecular complexity index is 617. The minimum absolute atomic E-state index is 0.191. The van der Waals surface area contributed by atoms with Crippen molar-refractivity contribution in [1.82, 2.24) is 15.5 Å². The summed E-state index contributed by atoms with van der Waals surface area (Å²) in [6.45, 7) is 1.92. The van der Waals surface area contributed by atoms with E-state index in [1.54, 1.807) is 14.1 Å². The van der Waals surface area contributed by atoms with Gasteiger partial charge < -0.3 is 20.9 Å². The fraction of sp³-hybridized carbons (Fsp3) is 0.385. The quantitative estimate of drug-likeness (QED) is 0.293. The van der Waals surface area contributed by atoms with Crippen molar-refractivity contribution in [3.63, 3.8) is 0 Å².